The quantitative estimate of drug-likeness (QED) is 0.214. The van der Waals surface area contributed by atoms with Crippen LogP contribution >= 0.6 is 0 Å². The molecule has 2 amide bonds. The average molecular weight is 573 g/mol. The summed E-state index contributed by atoms with van der Waals surface area (Å²) < 4.78 is 12.2. The molecule has 0 aliphatic heterocycles. The maximum Gasteiger partial charge on any atom is 0.280 e. The minimum atomic E-state index is -0.493. The van der Waals surface area contributed by atoms with Crippen LogP contribution in [0.4, 0.5) is 0 Å². The van der Waals surface area contributed by atoms with Gasteiger partial charge in [-0.1, -0.05) is 97.1 Å². The van der Waals surface area contributed by atoms with Crippen LogP contribution in [0.1, 0.15) is 20.7 Å². The largest absolute Gasteiger partial charge is 0.438 e. The van der Waals surface area contributed by atoms with E-state index in [0.29, 0.717) is 33.4 Å². The van der Waals surface area contributed by atoms with E-state index in [4.69, 9.17) is 8.83 Å². The van der Waals surface area contributed by atoms with Gasteiger partial charge in [-0.05, 0) is 59.7 Å². The molecular weight excluding hydrogens is 548 g/mol. The maximum atomic E-state index is 13.3. The maximum absolute atomic E-state index is 13.3. The minimum Gasteiger partial charge on any atom is -0.438 e. The Bertz CT molecular complexity index is 2140. The van der Waals surface area contributed by atoms with E-state index in [9.17, 15) is 9.59 Å². The molecule has 0 radical (unpaired) electrons. The molecule has 7 aromatic rings. The Morgan fingerprint density at radius 3 is 1.20 bits per heavy atom. The van der Waals surface area contributed by atoms with Crippen molar-refractivity contribution in [2.24, 2.45) is 9.98 Å². The van der Waals surface area contributed by atoms with Gasteiger partial charge in [0.2, 0.25) is 11.1 Å². The van der Waals surface area contributed by atoms with Crippen LogP contribution in [0.15, 0.2) is 164 Å². The van der Waals surface area contributed by atoms with Crippen molar-refractivity contribution in [3.8, 4) is 22.3 Å². The van der Waals surface area contributed by atoms with Gasteiger partial charge in [-0.15, -0.1) is 0 Å². The highest BCUT2D eigenvalue weighted by atomic mass is 16.3. The number of hydrogen-bond donors (Lipinski definition) is 0. The van der Waals surface area contributed by atoms with E-state index >= 15 is 0 Å². The van der Waals surface area contributed by atoms with Gasteiger partial charge in [0, 0.05) is 33.0 Å². The number of hydrogen-bond acceptors (Lipinski definition) is 4. The molecule has 0 fully saturated rings. The Hall–Kier alpha value is -6.14. The van der Waals surface area contributed by atoms with Crippen LogP contribution in [0.5, 0.6) is 0 Å². The summed E-state index contributed by atoms with van der Waals surface area (Å²) in [5.41, 5.74) is 5.45. The van der Waals surface area contributed by atoms with Crippen molar-refractivity contribution < 1.29 is 18.4 Å². The van der Waals surface area contributed by atoms with Crippen molar-refractivity contribution in [2.45, 2.75) is 0 Å². The van der Waals surface area contributed by atoms with Gasteiger partial charge in [-0.2, -0.15) is 9.98 Å². The van der Waals surface area contributed by atoms with Crippen LogP contribution in [0.2, 0.25) is 0 Å². The zero-order chi connectivity index (χ0) is 29.9. The number of carbonyl (C=O) groups excluding carboxylic acids is 2. The van der Waals surface area contributed by atoms with Gasteiger partial charge in [0.05, 0.1) is 0 Å². The predicted octanol–water partition coefficient (Wildman–Crippen LogP) is 8.00. The van der Waals surface area contributed by atoms with Gasteiger partial charge in [0.15, 0.2) is 0 Å². The lowest BCUT2D eigenvalue weighted by Crippen LogP contribution is -2.11. The van der Waals surface area contributed by atoms with Crippen LogP contribution in [0.25, 0.3) is 44.2 Å². The molecule has 0 spiro atoms. The summed E-state index contributed by atoms with van der Waals surface area (Å²) in [6.45, 7) is 0. The molecule has 0 saturated carbocycles. The molecule has 6 nitrogen and oxygen atoms in total. The number of para-hydroxylation sites is 2. The normalized spacial score (nSPS) is 12.1. The molecule has 0 N–H and O–H groups in total. The Labute approximate surface area is 251 Å². The molecule has 2 aromatic heterocycles. The first-order chi connectivity index (χ1) is 21.6. The topological polar surface area (TPSA) is 85.1 Å². The lowest BCUT2D eigenvalue weighted by molar-refractivity contribution is 0.0983. The molecule has 0 aliphatic carbocycles. The van der Waals surface area contributed by atoms with E-state index in [2.05, 4.69) is 9.98 Å². The zero-order valence-electron chi connectivity index (χ0n) is 23.4. The van der Waals surface area contributed by atoms with E-state index in [1.54, 1.807) is 24.3 Å². The van der Waals surface area contributed by atoms with Crippen LogP contribution in [0.3, 0.4) is 0 Å². The third-order valence-corrected chi connectivity index (χ3v) is 7.27. The SMILES string of the molecule is O=C(N=c1oc2ccccc2cc1-c1ccccc1)c1ccc(C(=O)N=c2oc3ccccc3cc2-c2ccccc2)cc1. The monoisotopic (exact) mass is 572 g/mol. The molecule has 0 aliphatic rings. The van der Waals surface area contributed by atoms with Crippen LogP contribution in [-0.2, 0) is 0 Å². The van der Waals surface area contributed by atoms with Gasteiger partial charge in [0.1, 0.15) is 11.2 Å². The highest BCUT2D eigenvalue weighted by Gasteiger charge is 2.13. The van der Waals surface area contributed by atoms with E-state index in [1.165, 1.54) is 0 Å². The molecular formula is C38H24N2O4. The fraction of sp³-hybridized carbons (Fsp3) is 0. The van der Waals surface area contributed by atoms with Gasteiger partial charge >= 0.3 is 0 Å². The first-order valence-corrected chi connectivity index (χ1v) is 14.1. The molecule has 0 bridgehead atoms. The van der Waals surface area contributed by atoms with Crippen LogP contribution in [0, 0.1) is 0 Å². The highest BCUT2D eigenvalue weighted by molar-refractivity contribution is 5.99. The van der Waals surface area contributed by atoms with E-state index in [0.717, 1.165) is 21.9 Å². The molecule has 5 aromatic carbocycles. The molecule has 2 heterocycles. The van der Waals surface area contributed by atoms with E-state index < -0.39 is 11.8 Å². The van der Waals surface area contributed by atoms with Gasteiger partial charge in [-0.3, -0.25) is 9.59 Å². The molecule has 44 heavy (non-hydrogen) atoms. The number of fused-ring (bicyclic) bond motifs is 2. The number of nitrogens with zero attached hydrogens (tertiary/aromatic N) is 2. The molecule has 210 valence electrons. The summed E-state index contributed by atoms with van der Waals surface area (Å²) >= 11 is 0. The lowest BCUT2D eigenvalue weighted by atomic mass is 10.1. The second-order valence-electron chi connectivity index (χ2n) is 10.1. The Kier molecular flexibility index (Phi) is 7.06. The van der Waals surface area contributed by atoms with E-state index in [-0.39, 0.29) is 11.1 Å². The summed E-state index contributed by atoms with van der Waals surface area (Å²) in [5.74, 6) is -0.985. The third-order valence-electron chi connectivity index (χ3n) is 7.27. The summed E-state index contributed by atoms with van der Waals surface area (Å²) in [6, 6.07) is 44.7. The fourth-order valence-corrected chi connectivity index (χ4v) is 5.02. The number of rotatable bonds is 4. The van der Waals surface area contributed by atoms with Gasteiger partial charge in [0.25, 0.3) is 11.8 Å². The van der Waals surface area contributed by atoms with Crippen LogP contribution < -0.4 is 11.1 Å². The fourth-order valence-electron chi connectivity index (χ4n) is 5.02. The molecule has 0 saturated heterocycles. The second-order valence-corrected chi connectivity index (χ2v) is 10.1. The van der Waals surface area contributed by atoms with Crippen molar-refractivity contribution >= 4 is 33.8 Å². The van der Waals surface area contributed by atoms with Gasteiger partial charge in [-0.25, -0.2) is 0 Å². The second kappa shape index (κ2) is 11.6. The summed E-state index contributed by atoms with van der Waals surface area (Å²) in [4.78, 5) is 35.3. The Balaban J connectivity index is 1.24. The van der Waals surface area contributed by atoms with Crippen molar-refractivity contribution in [3.63, 3.8) is 0 Å². The van der Waals surface area contributed by atoms with Crippen molar-refractivity contribution in [2.75, 3.05) is 0 Å². The lowest BCUT2D eigenvalue weighted by Gasteiger charge is -2.05. The Morgan fingerprint density at radius 1 is 0.432 bits per heavy atom. The first kappa shape index (κ1) is 26.7. The summed E-state index contributed by atoms with van der Waals surface area (Å²) in [5, 5.41) is 1.80. The molecule has 0 atom stereocenters. The average Bonchev–Trinajstić information content (AvgIpc) is 3.08. The molecule has 7 rings (SSSR count). The number of benzene rings is 5. The van der Waals surface area contributed by atoms with Crippen molar-refractivity contribution in [1.29, 1.82) is 0 Å². The number of carbonyl (C=O) groups is 2. The third kappa shape index (κ3) is 5.40. The summed E-state index contributed by atoms with van der Waals surface area (Å²) in [7, 11) is 0. The predicted molar refractivity (Wildman–Crippen MR) is 170 cm³/mol. The zero-order valence-corrected chi connectivity index (χ0v) is 23.4. The number of amides is 2. The van der Waals surface area contributed by atoms with Gasteiger partial charge < -0.3 is 8.83 Å². The van der Waals surface area contributed by atoms with Crippen molar-refractivity contribution in [1.82, 2.24) is 0 Å². The summed E-state index contributed by atoms with van der Waals surface area (Å²) in [6.07, 6.45) is 0. The van der Waals surface area contributed by atoms with E-state index in [1.807, 2.05) is 121 Å². The van der Waals surface area contributed by atoms with Crippen LogP contribution in [-0.4, -0.2) is 11.8 Å². The molecule has 0 unspecified atom stereocenters. The Morgan fingerprint density at radius 2 is 0.795 bits per heavy atom. The first-order valence-electron chi connectivity index (χ1n) is 14.1. The standard InChI is InChI=1S/C38H24N2O4/c41-35(39-37-31(25-11-3-1-4-12-25)23-29-15-7-9-17-33(29)43-37)27-19-21-28(22-20-27)36(42)40-38-32(26-13-5-2-6-14-26)24-30-16-8-10-18-34(30)44-38/h1-24H. The highest BCUT2D eigenvalue weighted by Crippen LogP contribution is 2.22. The molecule has 6 heteroatoms. The minimum absolute atomic E-state index is 0.210. The smallest absolute Gasteiger partial charge is 0.280 e. The van der Waals surface area contributed by atoms with Crippen molar-refractivity contribution in [3.05, 3.63) is 168 Å².